The molecule has 5 aromatic carbocycles. The summed E-state index contributed by atoms with van der Waals surface area (Å²) >= 11 is 1.23. The molecule has 16 rings (SSSR count). The van der Waals surface area contributed by atoms with Gasteiger partial charge in [-0.1, -0.05) is 78.9 Å². The molecule has 5 aliphatic rings. The topological polar surface area (TPSA) is 239 Å². The predicted octanol–water partition coefficient (Wildman–Crippen LogP) is 8.33. The summed E-state index contributed by atoms with van der Waals surface area (Å²) in [5.41, 5.74) is 10.7. The van der Waals surface area contributed by atoms with E-state index in [1.54, 1.807) is 18.3 Å². The minimum absolute atomic E-state index is 0.166. The van der Waals surface area contributed by atoms with E-state index in [2.05, 4.69) is 63.7 Å². The van der Waals surface area contributed by atoms with Crippen molar-refractivity contribution in [3.8, 4) is 34.5 Å². The van der Waals surface area contributed by atoms with Crippen LogP contribution in [0.5, 0.6) is 34.5 Å². The molecule has 0 bridgehead atoms. The predicted molar refractivity (Wildman–Crippen MR) is 353 cm³/mol. The highest BCUT2D eigenvalue weighted by atomic mass is 32.1. The van der Waals surface area contributed by atoms with E-state index in [4.69, 9.17) is 9.47 Å². The van der Waals surface area contributed by atoms with Gasteiger partial charge < -0.3 is 48.2 Å². The number of aromatic hydroxyl groups is 4. The SMILES string of the molecule is O=c1cc2n(cc1O)CCN(Cc1ccc3c(c1)OCCO3)C2.O=c1cc2n(cc1O)CCN(Cc1ccc3nsnc3c1)C2.O=c1cc2n(cc1O)CCN(Cc1cccc3cccnc13)C2c1ccc(F)cc1.O=c1cc2n(cc1O)CCN(Cc1ccccc1)C2. The number of aromatic nitrogens is 7. The number of hydrogen-bond acceptors (Lipinski definition) is 18. The van der Waals surface area contributed by atoms with Crippen LogP contribution in [0.4, 0.5) is 4.39 Å². The molecule has 0 spiro atoms. The number of fused-ring (bicyclic) bond motifs is 7. The van der Waals surface area contributed by atoms with Crippen LogP contribution >= 0.6 is 11.7 Å². The Morgan fingerprint density at radius 3 is 1.61 bits per heavy atom. The first kappa shape index (κ1) is 62.5. The number of para-hydroxylation sites is 1. The van der Waals surface area contributed by atoms with Gasteiger partial charge in [0, 0.05) is 157 Å². The van der Waals surface area contributed by atoms with Gasteiger partial charge in [0.2, 0.25) is 21.7 Å². The second kappa shape index (κ2) is 27.9. The van der Waals surface area contributed by atoms with Crippen LogP contribution < -0.4 is 31.2 Å². The Kier molecular flexibility index (Phi) is 18.5. The number of benzene rings is 5. The number of rotatable bonds is 9. The minimum Gasteiger partial charge on any atom is -0.503 e. The maximum atomic E-state index is 13.6. The summed E-state index contributed by atoms with van der Waals surface area (Å²) in [6.07, 6.45) is 7.88. The van der Waals surface area contributed by atoms with Crippen LogP contribution in [-0.2, 0) is 72.0 Å². The van der Waals surface area contributed by atoms with Crippen LogP contribution in [0.2, 0.25) is 0 Å². The third-order valence-corrected chi connectivity index (χ3v) is 18.0. The molecule has 1 atom stereocenters. The summed E-state index contributed by atoms with van der Waals surface area (Å²) in [5.74, 6) is 0.497. The van der Waals surface area contributed by atoms with Crippen molar-refractivity contribution in [3.05, 3.63) is 274 Å². The molecule has 11 heterocycles. The Bertz CT molecular complexity index is 4800. The molecule has 23 heteroatoms. The maximum Gasteiger partial charge on any atom is 0.223 e. The first-order chi connectivity index (χ1) is 45.7. The van der Waals surface area contributed by atoms with Crippen molar-refractivity contribution >= 4 is 33.7 Å². The zero-order chi connectivity index (χ0) is 64.8. The van der Waals surface area contributed by atoms with E-state index < -0.39 is 5.43 Å². The van der Waals surface area contributed by atoms with Crippen LogP contribution in [0.1, 0.15) is 56.6 Å². The van der Waals surface area contributed by atoms with Gasteiger partial charge in [0.1, 0.15) is 30.1 Å². The molecule has 11 aromatic rings. The Morgan fingerprint density at radius 1 is 0.468 bits per heavy atom. The second-order valence-electron chi connectivity index (χ2n) is 23.9. The van der Waals surface area contributed by atoms with Crippen molar-refractivity contribution in [2.24, 2.45) is 0 Å². The molecule has 0 amide bonds. The van der Waals surface area contributed by atoms with Crippen molar-refractivity contribution in [2.75, 3.05) is 39.4 Å². The van der Waals surface area contributed by atoms with E-state index in [9.17, 15) is 44.0 Å². The van der Waals surface area contributed by atoms with Gasteiger partial charge in [0.25, 0.3) is 0 Å². The van der Waals surface area contributed by atoms with E-state index in [-0.39, 0.29) is 51.1 Å². The van der Waals surface area contributed by atoms with Crippen LogP contribution in [-0.4, -0.2) is 111 Å². The fourth-order valence-electron chi connectivity index (χ4n) is 12.7. The highest BCUT2D eigenvalue weighted by Crippen LogP contribution is 2.35. The largest absolute Gasteiger partial charge is 0.503 e. The highest BCUT2D eigenvalue weighted by Gasteiger charge is 2.31. The normalized spacial score (nSPS) is 16.0. The smallest absolute Gasteiger partial charge is 0.223 e. The molecule has 21 nitrogen and oxygen atoms in total. The summed E-state index contributed by atoms with van der Waals surface area (Å²) in [5, 5.41) is 39.4. The van der Waals surface area contributed by atoms with E-state index in [1.807, 2.05) is 85.0 Å². The summed E-state index contributed by atoms with van der Waals surface area (Å²) in [7, 11) is 0. The Hall–Kier alpha value is -10.3. The first-order valence-electron chi connectivity index (χ1n) is 31.0. The standard InChI is InChI=1S/C24H20FN3O2.C17H18N2O4.C15H14N4O2S.C15H16N2O2/c25-19-8-6-17(7-9-19)24-20-13-21(29)22(30)15-27(20)11-12-28(24)14-18-4-1-3-16-5-2-10-26-23(16)18;20-14-8-13-10-18(3-4-19(13)11-15(14)21)9-12-1-2-16-17(7-12)23-6-5-22-16;20-14-6-11-8-18(3-4-19(11)9-15(14)21)7-10-1-2-12-13(5-10)17-22-16-12;18-14-8-13-10-16(6-7-17(13)11-15(14)19)9-12-4-2-1-3-5-12/h1-10,13,15,24,30H,11-12,14H2;1-2,7-8,11,21H,3-6,9-10H2;1-2,5-6,9,21H,3-4,7-8H2;1-5,8,11,19H,6-7,9-10H2. The molecule has 480 valence electrons. The average Bonchev–Trinajstić information content (AvgIpc) is 0.821. The van der Waals surface area contributed by atoms with E-state index in [0.717, 1.165) is 138 Å². The lowest BCUT2D eigenvalue weighted by molar-refractivity contribution is 0.170. The van der Waals surface area contributed by atoms with Gasteiger partial charge in [-0.2, -0.15) is 8.75 Å². The van der Waals surface area contributed by atoms with Crippen LogP contribution in [0.25, 0.3) is 21.9 Å². The number of ether oxygens (including phenoxy) is 2. The van der Waals surface area contributed by atoms with Gasteiger partial charge in [-0.15, -0.1) is 0 Å². The third-order valence-electron chi connectivity index (χ3n) is 17.4. The minimum atomic E-state index is -0.415. The maximum absolute atomic E-state index is 13.6. The molecule has 0 radical (unpaired) electrons. The lowest BCUT2D eigenvalue weighted by Crippen LogP contribution is -2.39. The molecule has 0 fully saturated rings. The third kappa shape index (κ3) is 14.5. The van der Waals surface area contributed by atoms with Crippen LogP contribution in [0.3, 0.4) is 0 Å². The fraction of sp³-hybridized carbons (Fsp3) is 0.254. The molecule has 1 unspecified atom stereocenters. The monoisotopic (exact) mass is 1290 g/mol. The van der Waals surface area contributed by atoms with Crippen LogP contribution in [0.15, 0.2) is 196 Å². The van der Waals surface area contributed by atoms with E-state index >= 15 is 0 Å². The quantitative estimate of drug-likeness (QED) is 0.106. The van der Waals surface area contributed by atoms with Gasteiger partial charge in [0.05, 0.1) is 48.1 Å². The Balaban J connectivity index is 0.000000115. The second-order valence-corrected chi connectivity index (χ2v) is 24.4. The van der Waals surface area contributed by atoms with Gasteiger partial charge in [0.15, 0.2) is 34.5 Å². The van der Waals surface area contributed by atoms with Crippen molar-refractivity contribution < 1.29 is 34.3 Å². The molecule has 4 N–H and O–H groups in total. The molecule has 0 aliphatic carbocycles. The van der Waals surface area contributed by atoms with E-state index in [0.29, 0.717) is 45.9 Å². The summed E-state index contributed by atoms with van der Waals surface area (Å²) in [6.45, 7) is 12.7. The molecule has 6 aromatic heterocycles. The zero-order valence-electron chi connectivity index (χ0n) is 51.3. The number of hydrogen-bond donors (Lipinski definition) is 4. The number of nitrogens with zero attached hydrogens (tertiary/aromatic N) is 11. The number of halogens is 1. The molecular formula is C71H68FN11O10S. The van der Waals surface area contributed by atoms with Gasteiger partial charge in [-0.05, 0) is 70.3 Å². The van der Waals surface area contributed by atoms with Gasteiger partial charge in [-0.25, -0.2) is 4.39 Å². The average molecular weight is 1290 g/mol. The van der Waals surface area contributed by atoms with Gasteiger partial charge in [-0.3, -0.25) is 43.8 Å². The summed E-state index contributed by atoms with van der Waals surface area (Å²) < 4.78 is 41.0. The van der Waals surface area contributed by atoms with Gasteiger partial charge >= 0.3 is 0 Å². The van der Waals surface area contributed by atoms with Crippen molar-refractivity contribution in [1.29, 1.82) is 0 Å². The summed E-state index contributed by atoms with van der Waals surface area (Å²) in [4.78, 5) is 60.6. The lowest BCUT2D eigenvalue weighted by Gasteiger charge is -2.38. The fourth-order valence-corrected chi connectivity index (χ4v) is 13.2. The van der Waals surface area contributed by atoms with E-state index in [1.165, 1.54) is 84.0 Å². The zero-order valence-corrected chi connectivity index (χ0v) is 52.1. The Labute approximate surface area is 542 Å². The molecular weight excluding hydrogens is 1220 g/mol. The summed E-state index contributed by atoms with van der Waals surface area (Å²) in [6, 6.07) is 44.7. The molecule has 94 heavy (non-hydrogen) atoms. The van der Waals surface area contributed by atoms with Crippen LogP contribution in [0, 0.1) is 5.82 Å². The Morgan fingerprint density at radius 2 is 0.989 bits per heavy atom. The molecule has 0 saturated carbocycles. The first-order valence-corrected chi connectivity index (χ1v) is 31.8. The number of pyridine rings is 5. The molecule has 0 saturated heterocycles. The molecule has 5 aliphatic heterocycles. The highest BCUT2D eigenvalue weighted by molar-refractivity contribution is 7.00. The van der Waals surface area contributed by atoms with Crippen molar-refractivity contribution in [3.63, 3.8) is 0 Å². The van der Waals surface area contributed by atoms with Crippen molar-refractivity contribution in [1.82, 2.24) is 51.6 Å². The lowest BCUT2D eigenvalue weighted by atomic mass is 9.97. The van der Waals surface area contributed by atoms with Crippen molar-refractivity contribution in [2.45, 2.75) is 78.0 Å².